The molecule has 0 amide bonds. The van der Waals surface area contributed by atoms with Crippen molar-refractivity contribution in [3.05, 3.63) is 88.9 Å². The quantitative estimate of drug-likeness (QED) is 0.442. The summed E-state index contributed by atoms with van der Waals surface area (Å²) in [4.78, 5) is 14.1. The Bertz CT molecular complexity index is 1070. The lowest BCUT2D eigenvalue weighted by molar-refractivity contribution is 0.104. The fraction of sp³-hybridized carbons (Fsp3) is 0. The van der Waals surface area contributed by atoms with Gasteiger partial charge in [-0.2, -0.15) is 0 Å². The monoisotopic (exact) mass is 364 g/mol. The van der Waals surface area contributed by atoms with E-state index in [-0.39, 0.29) is 11.5 Å². The first kappa shape index (κ1) is 15.9. The number of phenolic OH excluding ortho intramolecular Hbond substituents is 1. The number of hydrogen-bond donors (Lipinski definition) is 1. The van der Waals surface area contributed by atoms with E-state index in [4.69, 9.17) is 11.6 Å². The zero-order chi connectivity index (χ0) is 17.4. The van der Waals surface area contributed by atoms with Gasteiger partial charge in [-0.05, 0) is 48.0 Å². The second-order valence-electron chi connectivity index (χ2n) is 5.69. The SMILES string of the molecule is O=C(c1ccc(Cl)cc1)c1c(-c2ccccc2)sc2cc(O)ccc12. The summed E-state index contributed by atoms with van der Waals surface area (Å²) < 4.78 is 0.885. The predicted octanol–water partition coefficient (Wildman–Crippen LogP) is 6.16. The van der Waals surface area contributed by atoms with Gasteiger partial charge < -0.3 is 5.11 Å². The fourth-order valence-electron chi connectivity index (χ4n) is 2.85. The maximum absolute atomic E-state index is 13.2. The molecule has 1 N–H and O–H groups in total. The smallest absolute Gasteiger partial charge is 0.195 e. The Morgan fingerprint density at radius 3 is 2.36 bits per heavy atom. The zero-order valence-corrected chi connectivity index (χ0v) is 14.6. The fourth-order valence-corrected chi connectivity index (χ4v) is 4.21. The highest BCUT2D eigenvalue weighted by Gasteiger charge is 2.21. The third-order valence-corrected chi connectivity index (χ3v) is 5.50. The number of halogens is 1. The lowest BCUT2D eigenvalue weighted by atomic mass is 9.97. The van der Waals surface area contributed by atoms with Gasteiger partial charge in [0.1, 0.15) is 5.75 Å². The summed E-state index contributed by atoms with van der Waals surface area (Å²) in [5, 5.41) is 11.2. The number of carbonyl (C=O) groups excluding carboxylic acids is 1. The van der Waals surface area contributed by atoms with Crippen LogP contribution < -0.4 is 0 Å². The topological polar surface area (TPSA) is 37.3 Å². The first-order valence-electron chi connectivity index (χ1n) is 7.75. The molecule has 4 rings (SSSR count). The van der Waals surface area contributed by atoms with Crippen molar-refractivity contribution in [2.45, 2.75) is 0 Å². The zero-order valence-electron chi connectivity index (χ0n) is 13.1. The van der Waals surface area contributed by atoms with E-state index in [1.54, 1.807) is 42.5 Å². The van der Waals surface area contributed by atoms with Crippen LogP contribution in [0.5, 0.6) is 5.75 Å². The molecule has 2 nitrogen and oxygen atoms in total. The Morgan fingerprint density at radius 2 is 1.64 bits per heavy atom. The Kier molecular flexibility index (Phi) is 4.04. The second kappa shape index (κ2) is 6.36. The van der Waals surface area contributed by atoms with E-state index in [1.165, 1.54) is 11.3 Å². The molecule has 0 aliphatic heterocycles. The van der Waals surface area contributed by atoms with Crippen molar-refractivity contribution in [3.8, 4) is 16.2 Å². The third-order valence-electron chi connectivity index (χ3n) is 4.04. The molecule has 0 spiro atoms. The standard InChI is InChI=1S/C21H13ClO2S/c22-15-8-6-13(7-9-15)20(24)19-17-11-10-16(23)12-18(17)25-21(19)14-4-2-1-3-5-14/h1-12,23H. The van der Waals surface area contributed by atoms with Crippen molar-refractivity contribution < 1.29 is 9.90 Å². The number of aromatic hydroxyl groups is 1. The van der Waals surface area contributed by atoms with E-state index in [2.05, 4.69) is 0 Å². The number of phenols is 1. The van der Waals surface area contributed by atoms with Crippen molar-refractivity contribution in [3.63, 3.8) is 0 Å². The lowest BCUT2D eigenvalue weighted by Gasteiger charge is -2.05. The number of hydrogen-bond acceptors (Lipinski definition) is 3. The van der Waals surface area contributed by atoms with Crippen molar-refractivity contribution in [1.82, 2.24) is 0 Å². The average Bonchev–Trinajstić information content (AvgIpc) is 3.01. The maximum atomic E-state index is 13.2. The van der Waals surface area contributed by atoms with Crippen LogP contribution in [0.1, 0.15) is 15.9 Å². The van der Waals surface area contributed by atoms with Crippen molar-refractivity contribution in [2.24, 2.45) is 0 Å². The molecule has 0 aliphatic rings. The van der Waals surface area contributed by atoms with Gasteiger partial charge in [-0.1, -0.05) is 41.9 Å². The van der Waals surface area contributed by atoms with E-state index >= 15 is 0 Å². The Hall–Kier alpha value is -2.62. The van der Waals surface area contributed by atoms with Crippen LogP contribution >= 0.6 is 22.9 Å². The van der Waals surface area contributed by atoms with Crippen LogP contribution in [0.15, 0.2) is 72.8 Å². The predicted molar refractivity (Wildman–Crippen MR) is 104 cm³/mol. The number of ketones is 1. The molecular weight excluding hydrogens is 352 g/mol. The Labute approximate surface area is 153 Å². The van der Waals surface area contributed by atoms with Crippen molar-refractivity contribution in [2.75, 3.05) is 0 Å². The summed E-state index contributed by atoms with van der Waals surface area (Å²) in [6.45, 7) is 0. The number of rotatable bonds is 3. The highest BCUT2D eigenvalue weighted by Crippen LogP contribution is 2.41. The molecule has 1 heterocycles. The molecule has 4 aromatic rings. The molecule has 4 heteroatoms. The molecule has 0 saturated carbocycles. The van der Waals surface area contributed by atoms with Crippen molar-refractivity contribution >= 4 is 38.8 Å². The molecule has 0 bridgehead atoms. The molecule has 0 aliphatic carbocycles. The summed E-state index contributed by atoms with van der Waals surface area (Å²) in [7, 11) is 0. The van der Waals surface area contributed by atoms with Gasteiger partial charge in [0.2, 0.25) is 0 Å². The maximum Gasteiger partial charge on any atom is 0.195 e. The number of thiophene rings is 1. The molecule has 122 valence electrons. The van der Waals surface area contributed by atoms with Crippen LogP contribution in [0.3, 0.4) is 0 Å². The highest BCUT2D eigenvalue weighted by molar-refractivity contribution is 7.22. The van der Waals surface area contributed by atoms with Crippen LogP contribution in [-0.4, -0.2) is 10.9 Å². The molecule has 0 radical (unpaired) electrons. The van der Waals surface area contributed by atoms with Crippen LogP contribution in [0, 0.1) is 0 Å². The third kappa shape index (κ3) is 2.93. The first-order valence-corrected chi connectivity index (χ1v) is 8.94. The largest absolute Gasteiger partial charge is 0.508 e. The van der Waals surface area contributed by atoms with Gasteiger partial charge >= 0.3 is 0 Å². The summed E-state index contributed by atoms with van der Waals surface area (Å²) >= 11 is 7.45. The molecule has 1 aromatic heterocycles. The summed E-state index contributed by atoms with van der Waals surface area (Å²) in [6.07, 6.45) is 0. The van der Waals surface area contributed by atoms with E-state index in [0.29, 0.717) is 16.1 Å². The van der Waals surface area contributed by atoms with Gasteiger partial charge in [0, 0.05) is 31.1 Å². The van der Waals surface area contributed by atoms with Gasteiger partial charge in [-0.15, -0.1) is 11.3 Å². The first-order chi connectivity index (χ1) is 12.1. The lowest BCUT2D eigenvalue weighted by Crippen LogP contribution is -2.01. The second-order valence-corrected chi connectivity index (χ2v) is 7.18. The molecule has 0 fully saturated rings. The van der Waals surface area contributed by atoms with Crippen molar-refractivity contribution in [1.29, 1.82) is 0 Å². The van der Waals surface area contributed by atoms with Gasteiger partial charge in [-0.25, -0.2) is 0 Å². The van der Waals surface area contributed by atoms with E-state index in [1.807, 2.05) is 30.3 Å². The molecule has 0 atom stereocenters. The molecule has 0 saturated heterocycles. The summed E-state index contributed by atoms with van der Waals surface area (Å²) in [5.41, 5.74) is 2.24. The summed E-state index contributed by atoms with van der Waals surface area (Å²) in [6, 6.07) is 21.9. The van der Waals surface area contributed by atoms with Crippen LogP contribution in [0.25, 0.3) is 20.5 Å². The average molecular weight is 365 g/mol. The highest BCUT2D eigenvalue weighted by atomic mass is 35.5. The number of carbonyl (C=O) groups is 1. The minimum Gasteiger partial charge on any atom is -0.508 e. The Balaban J connectivity index is 1.97. The van der Waals surface area contributed by atoms with E-state index < -0.39 is 0 Å². The van der Waals surface area contributed by atoms with Gasteiger partial charge in [0.25, 0.3) is 0 Å². The molecule has 3 aromatic carbocycles. The number of fused-ring (bicyclic) bond motifs is 1. The van der Waals surface area contributed by atoms with E-state index in [0.717, 1.165) is 20.5 Å². The molecule has 25 heavy (non-hydrogen) atoms. The normalized spacial score (nSPS) is 10.9. The molecular formula is C21H13ClO2S. The number of benzene rings is 3. The van der Waals surface area contributed by atoms with Gasteiger partial charge in [-0.3, -0.25) is 4.79 Å². The van der Waals surface area contributed by atoms with E-state index in [9.17, 15) is 9.90 Å². The van der Waals surface area contributed by atoms with Gasteiger partial charge in [0.15, 0.2) is 5.78 Å². The molecule has 0 unspecified atom stereocenters. The minimum absolute atomic E-state index is 0.0486. The van der Waals surface area contributed by atoms with Gasteiger partial charge in [0.05, 0.1) is 0 Å². The van der Waals surface area contributed by atoms with Crippen LogP contribution in [0.4, 0.5) is 0 Å². The van der Waals surface area contributed by atoms with Crippen LogP contribution in [-0.2, 0) is 0 Å². The Morgan fingerprint density at radius 1 is 0.920 bits per heavy atom. The summed E-state index contributed by atoms with van der Waals surface area (Å²) in [5.74, 6) is 0.145. The van der Waals surface area contributed by atoms with Crippen LogP contribution in [0.2, 0.25) is 5.02 Å². The minimum atomic E-state index is -0.0486.